The molecule has 0 saturated carbocycles. The minimum Gasteiger partial charge on any atom is -0.338 e. The van der Waals surface area contributed by atoms with Crippen LogP contribution in [0, 0.1) is 17.1 Å². The average molecular weight is 272 g/mol. The Morgan fingerprint density at radius 3 is 2.84 bits per heavy atom. The molecule has 3 nitrogen and oxygen atoms in total. The molecule has 0 aliphatic heterocycles. The molecule has 3 rings (SSSR count). The first-order valence-electron chi connectivity index (χ1n) is 5.53. The molecular weight excluding hydrogens is 265 g/mol. The summed E-state index contributed by atoms with van der Waals surface area (Å²) in [7, 11) is 0. The number of rotatable bonds is 1. The molecule has 0 unspecified atom stereocenters. The number of nitriles is 1. The molecular formula is C14H7ClFN3. The van der Waals surface area contributed by atoms with Gasteiger partial charge in [0.2, 0.25) is 0 Å². The lowest BCUT2D eigenvalue weighted by Gasteiger charge is -1.99. The van der Waals surface area contributed by atoms with E-state index >= 15 is 0 Å². The molecule has 19 heavy (non-hydrogen) atoms. The molecule has 0 atom stereocenters. The van der Waals surface area contributed by atoms with Crippen molar-refractivity contribution in [3.8, 4) is 17.5 Å². The highest BCUT2D eigenvalue weighted by molar-refractivity contribution is 6.33. The van der Waals surface area contributed by atoms with Crippen molar-refractivity contribution in [1.29, 1.82) is 5.26 Å². The molecule has 0 radical (unpaired) electrons. The third kappa shape index (κ3) is 1.94. The molecule has 1 aromatic heterocycles. The smallest absolute Gasteiger partial charge is 0.140 e. The summed E-state index contributed by atoms with van der Waals surface area (Å²) in [6.07, 6.45) is 0. The number of benzene rings is 2. The molecule has 0 bridgehead atoms. The van der Waals surface area contributed by atoms with E-state index in [9.17, 15) is 4.39 Å². The fraction of sp³-hybridized carbons (Fsp3) is 0. The van der Waals surface area contributed by atoms with Crippen LogP contribution in [0.4, 0.5) is 4.39 Å². The zero-order chi connectivity index (χ0) is 13.4. The summed E-state index contributed by atoms with van der Waals surface area (Å²) in [4.78, 5) is 7.44. The highest BCUT2D eigenvalue weighted by atomic mass is 35.5. The van der Waals surface area contributed by atoms with E-state index in [0.717, 1.165) is 5.52 Å². The predicted octanol–water partition coefficient (Wildman–Crippen LogP) is 3.89. The first-order chi connectivity index (χ1) is 9.19. The van der Waals surface area contributed by atoms with Crippen LogP contribution in [0.25, 0.3) is 22.4 Å². The van der Waals surface area contributed by atoms with Crippen LogP contribution < -0.4 is 0 Å². The second-order valence-electron chi connectivity index (χ2n) is 4.02. The van der Waals surface area contributed by atoms with Crippen molar-refractivity contribution in [2.24, 2.45) is 0 Å². The molecule has 0 aliphatic rings. The molecule has 92 valence electrons. The standard InChI is InChI=1S/C14H7ClFN3/c15-11-6-9(16)4-5-10(11)14-18-12-3-1-2-8(7-17)13(12)19-14/h1-6H,(H,18,19). The number of halogens is 2. The zero-order valence-corrected chi connectivity index (χ0v) is 10.4. The molecule has 0 saturated heterocycles. The largest absolute Gasteiger partial charge is 0.338 e. The Balaban J connectivity index is 2.24. The number of hydrogen-bond donors (Lipinski definition) is 1. The van der Waals surface area contributed by atoms with Crippen molar-refractivity contribution in [2.75, 3.05) is 0 Å². The van der Waals surface area contributed by atoms with Crippen LogP contribution in [0.5, 0.6) is 0 Å². The van der Waals surface area contributed by atoms with Crippen LogP contribution in [-0.4, -0.2) is 9.97 Å². The van der Waals surface area contributed by atoms with Crippen molar-refractivity contribution in [3.05, 3.63) is 52.8 Å². The van der Waals surface area contributed by atoms with Gasteiger partial charge in [-0.3, -0.25) is 0 Å². The SMILES string of the molecule is N#Cc1cccc2[nH]c(-c3ccc(F)cc3Cl)nc12. The Bertz CT molecular complexity index is 817. The highest BCUT2D eigenvalue weighted by Gasteiger charge is 2.11. The maximum absolute atomic E-state index is 13.0. The van der Waals surface area contributed by atoms with E-state index in [0.29, 0.717) is 22.5 Å². The highest BCUT2D eigenvalue weighted by Crippen LogP contribution is 2.28. The van der Waals surface area contributed by atoms with Crippen LogP contribution in [0.15, 0.2) is 36.4 Å². The van der Waals surface area contributed by atoms with Crippen LogP contribution in [0.2, 0.25) is 5.02 Å². The minimum absolute atomic E-state index is 0.276. The lowest BCUT2D eigenvalue weighted by molar-refractivity contribution is 0.628. The quantitative estimate of drug-likeness (QED) is 0.730. The number of aromatic amines is 1. The predicted molar refractivity (Wildman–Crippen MR) is 71.2 cm³/mol. The third-order valence-electron chi connectivity index (χ3n) is 2.82. The summed E-state index contributed by atoms with van der Waals surface area (Å²) in [5.74, 6) is 0.116. The van der Waals surface area contributed by atoms with E-state index in [2.05, 4.69) is 16.0 Å². The molecule has 0 fully saturated rings. The minimum atomic E-state index is -0.400. The van der Waals surface area contributed by atoms with Crippen LogP contribution in [0.3, 0.4) is 0 Å². The number of H-pyrrole nitrogens is 1. The number of nitrogens with one attached hydrogen (secondary N) is 1. The van der Waals surface area contributed by atoms with E-state index in [1.807, 2.05) is 6.07 Å². The molecule has 1 N–H and O–H groups in total. The third-order valence-corrected chi connectivity index (χ3v) is 3.13. The Kier molecular flexibility index (Phi) is 2.69. The van der Waals surface area contributed by atoms with Gasteiger partial charge in [0.05, 0.1) is 16.1 Å². The van der Waals surface area contributed by atoms with Crippen LogP contribution in [-0.2, 0) is 0 Å². The number of para-hydroxylation sites is 1. The second kappa shape index (κ2) is 4.38. The lowest BCUT2D eigenvalue weighted by Crippen LogP contribution is -1.83. The number of imidazole rings is 1. The Hall–Kier alpha value is -2.38. The van der Waals surface area contributed by atoms with E-state index in [1.165, 1.54) is 12.1 Å². The van der Waals surface area contributed by atoms with Gasteiger partial charge in [-0.15, -0.1) is 0 Å². The summed E-state index contributed by atoms with van der Waals surface area (Å²) in [6, 6.07) is 11.5. The van der Waals surface area contributed by atoms with Gasteiger partial charge >= 0.3 is 0 Å². The molecule has 0 spiro atoms. The number of fused-ring (bicyclic) bond motifs is 1. The topological polar surface area (TPSA) is 52.5 Å². The average Bonchev–Trinajstić information content (AvgIpc) is 2.81. The number of aromatic nitrogens is 2. The van der Waals surface area contributed by atoms with E-state index < -0.39 is 5.82 Å². The van der Waals surface area contributed by atoms with Gasteiger partial charge in [-0.05, 0) is 30.3 Å². The van der Waals surface area contributed by atoms with Crippen LogP contribution in [0.1, 0.15) is 5.56 Å². The monoisotopic (exact) mass is 271 g/mol. The molecule has 5 heteroatoms. The molecule has 0 amide bonds. The molecule has 0 aliphatic carbocycles. The summed E-state index contributed by atoms with van der Waals surface area (Å²) in [5, 5.41) is 9.30. The van der Waals surface area contributed by atoms with Crippen molar-refractivity contribution in [2.45, 2.75) is 0 Å². The van der Waals surface area contributed by atoms with Gasteiger partial charge in [-0.1, -0.05) is 17.7 Å². The number of hydrogen-bond acceptors (Lipinski definition) is 2. The van der Waals surface area contributed by atoms with Crippen molar-refractivity contribution in [3.63, 3.8) is 0 Å². The molecule has 1 heterocycles. The summed E-state index contributed by atoms with van der Waals surface area (Å²) < 4.78 is 13.0. The van der Waals surface area contributed by atoms with E-state index in [-0.39, 0.29) is 5.02 Å². The van der Waals surface area contributed by atoms with Crippen molar-refractivity contribution < 1.29 is 4.39 Å². The van der Waals surface area contributed by atoms with Crippen molar-refractivity contribution >= 4 is 22.6 Å². The summed E-state index contributed by atoms with van der Waals surface area (Å²) >= 11 is 6.00. The van der Waals surface area contributed by atoms with Crippen molar-refractivity contribution in [1.82, 2.24) is 9.97 Å². The van der Waals surface area contributed by atoms with Gasteiger partial charge in [0, 0.05) is 5.56 Å². The summed E-state index contributed by atoms with van der Waals surface area (Å²) in [6.45, 7) is 0. The fourth-order valence-corrected chi connectivity index (χ4v) is 2.19. The van der Waals surface area contributed by atoms with E-state index in [1.54, 1.807) is 18.2 Å². The fourth-order valence-electron chi connectivity index (χ4n) is 1.93. The van der Waals surface area contributed by atoms with Gasteiger partial charge in [0.1, 0.15) is 23.2 Å². The van der Waals surface area contributed by atoms with Crippen LogP contribution >= 0.6 is 11.6 Å². The zero-order valence-electron chi connectivity index (χ0n) is 9.61. The second-order valence-corrected chi connectivity index (χ2v) is 4.43. The van der Waals surface area contributed by atoms with Gasteiger partial charge in [-0.25, -0.2) is 9.37 Å². The van der Waals surface area contributed by atoms with Gasteiger partial charge < -0.3 is 4.98 Å². The number of nitrogens with zero attached hydrogens (tertiary/aromatic N) is 2. The van der Waals surface area contributed by atoms with Gasteiger partial charge in [0.25, 0.3) is 0 Å². The summed E-state index contributed by atoms with van der Waals surface area (Å²) in [5.41, 5.74) is 2.41. The maximum atomic E-state index is 13.0. The maximum Gasteiger partial charge on any atom is 0.140 e. The first kappa shape index (κ1) is 11.7. The Morgan fingerprint density at radius 2 is 2.11 bits per heavy atom. The van der Waals surface area contributed by atoms with E-state index in [4.69, 9.17) is 16.9 Å². The first-order valence-corrected chi connectivity index (χ1v) is 5.91. The lowest BCUT2D eigenvalue weighted by atomic mass is 10.2. The van der Waals surface area contributed by atoms with Gasteiger partial charge in [-0.2, -0.15) is 5.26 Å². The Morgan fingerprint density at radius 1 is 1.26 bits per heavy atom. The molecule has 3 aromatic rings. The Labute approximate surface area is 113 Å². The normalized spacial score (nSPS) is 10.6. The van der Waals surface area contributed by atoms with Gasteiger partial charge in [0.15, 0.2) is 0 Å². The molecule has 2 aromatic carbocycles.